The van der Waals surface area contributed by atoms with Gasteiger partial charge in [-0.05, 0) is 44.2 Å². The average Bonchev–Trinajstić information content (AvgIpc) is 2.30. The molecular formula is C13H21NO2. The first-order chi connectivity index (χ1) is 7.76. The predicted molar refractivity (Wildman–Crippen MR) is 66.2 cm³/mol. The van der Waals surface area contributed by atoms with Gasteiger partial charge < -0.3 is 14.8 Å². The van der Waals surface area contributed by atoms with Crippen LogP contribution in [-0.4, -0.2) is 26.3 Å². The van der Waals surface area contributed by atoms with Crippen molar-refractivity contribution in [1.29, 1.82) is 0 Å². The molecule has 0 bridgehead atoms. The maximum Gasteiger partial charge on any atom is 0.119 e. The van der Waals surface area contributed by atoms with E-state index in [1.165, 1.54) is 0 Å². The van der Waals surface area contributed by atoms with Gasteiger partial charge in [0.1, 0.15) is 11.5 Å². The van der Waals surface area contributed by atoms with Crippen LogP contribution in [0.15, 0.2) is 24.3 Å². The lowest BCUT2D eigenvalue weighted by Gasteiger charge is -2.12. The fraction of sp³-hybridized carbons (Fsp3) is 0.538. The third-order valence-corrected chi connectivity index (χ3v) is 2.43. The first kappa shape index (κ1) is 12.8. The second-order valence-electron chi connectivity index (χ2n) is 3.77. The molecular weight excluding hydrogens is 202 g/mol. The minimum atomic E-state index is 0.503. The molecule has 3 nitrogen and oxygen atoms in total. The summed E-state index contributed by atoms with van der Waals surface area (Å²) >= 11 is 0. The fourth-order valence-electron chi connectivity index (χ4n) is 1.48. The Hall–Kier alpha value is -1.22. The standard InChI is InChI=1S/C13H21NO2/c1-4-14-11(2)9-10-16-13-7-5-12(15-3)6-8-13/h5-8,11,14H,4,9-10H2,1-3H3. The van der Waals surface area contributed by atoms with Crippen LogP contribution in [0.1, 0.15) is 20.3 Å². The topological polar surface area (TPSA) is 30.5 Å². The number of rotatable bonds is 7. The molecule has 0 aliphatic heterocycles. The van der Waals surface area contributed by atoms with Crippen molar-refractivity contribution in [3.05, 3.63) is 24.3 Å². The highest BCUT2D eigenvalue weighted by Crippen LogP contribution is 2.17. The van der Waals surface area contributed by atoms with Crippen molar-refractivity contribution in [1.82, 2.24) is 5.32 Å². The Morgan fingerprint density at radius 2 is 1.81 bits per heavy atom. The lowest BCUT2D eigenvalue weighted by molar-refractivity contribution is 0.290. The molecule has 0 radical (unpaired) electrons. The first-order valence-corrected chi connectivity index (χ1v) is 5.76. The third kappa shape index (κ3) is 4.53. The summed E-state index contributed by atoms with van der Waals surface area (Å²) in [6.45, 7) is 6.02. The van der Waals surface area contributed by atoms with E-state index >= 15 is 0 Å². The maximum absolute atomic E-state index is 5.63. The monoisotopic (exact) mass is 223 g/mol. The van der Waals surface area contributed by atoms with Gasteiger partial charge in [-0.25, -0.2) is 0 Å². The molecule has 1 N–H and O–H groups in total. The molecule has 16 heavy (non-hydrogen) atoms. The number of hydrogen-bond acceptors (Lipinski definition) is 3. The lowest BCUT2D eigenvalue weighted by atomic mass is 10.2. The molecule has 90 valence electrons. The molecule has 0 saturated carbocycles. The molecule has 1 unspecified atom stereocenters. The van der Waals surface area contributed by atoms with E-state index in [1.54, 1.807) is 7.11 Å². The molecule has 1 atom stereocenters. The zero-order chi connectivity index (χ0) is 11.8. The van der Waals surface area contributed by atoms with Crippen LogP contribution >= 0.6 is 0 Å². The molecule has 1 rings (SSSR count). The predicted octanol–water partition coefficient (Wildman–Crippen LogP) is 2.46. The van der Waals surface area contributed by atoms with Gasteiger partial charge in [0.05, 0.1) is 13.7 Å². The van der Waals surface area contributed by atoms with E-state index in [4.69, 9.17) is 9.47 Å². The Morgan fingerprint density at radius 1 is 1.19 bits per heavy atom. The second-order valence-corrected chi connectivity index (χ2v) is 3.77. The zero-order valence-corrected chi connectivity index (χ0v) is 10.3. The molecule has 0 aromatic heterocycles. The Balaban J connectivity index is 2.26. The molecule has 0 aliphatic carbocycles. The molecule has 0 fully saturated rings. The fourth-order valence-corrected chi connectivity index (χ4v) is 1.48. The Kier molecular flexibility index (Phi) is 5.72. The largest absolute Gasteiger partial charge is 0.497 e. The van der Waals surface area contributed by atoms with Gasteiger partial charge in [-0.3, -0.25) is 0 Å². The molecule has 0 amide bonds. The van der Waals surface area contributed by atoms with E-state index in [0.717, 1.165) is 31.1 Å². The average molecular weight is 223 g/mol. The Morgan fingerprint density at radius 3 is 2.38 bits per heavy atom. The number of hydrogen-bond donors (Lipinski definition) is 1. The van der Waals surface area contributed by atoms with Crippen LogP contribution in [0.4, 0.5) is 0 Å². The number of ether oxygens (including phenoxy) is 2. The van der Waals surface area contributed by atoms with Crippen molar-refractivity contribution < 1.29 is 9.47 Å². The van der Waals surface area contributed by atoms with Gasteiger partial charge in [0.15, 0.2) is 0 Å². The van der Waals surface area contributed by atoms with Gasteiger partial charge >= 0.3 is 0 Å². The quantitative estimate of drug-likeness (QED) is 0.770. The van der Waals surface area contributed by atoms with E-state index in [0.29, 0.717) is 6.04 Å². The van der Waals surface area contributed by atoms with Crippen molar-refractivity contribution in [3.63, 3.8) is 0 Å². The highest BCUT2D eigenvalue weighted by atomic mass is 16.5. The van der Waals surface area contributed by atoms with Crippen molar-refractivity contribution in [2.45, 2.75) is 26.3 Å². The molecule has 0 spiro atoms. The summed E-state index contributed by atoms with van der Waals surface area (Å²) in [6, 6.07) is 8.17. The first-order valence-electron chi connectivity index (χ1n) is 5.76. The van der Waals surface area contributed by atoms with Crippen molar-refractivity contribution in [2.24, 2.45) is 0 Å². The van der Waals surface area contributed by atoms with Gasteiger partial charge in [0, 0.05) is 6.04 Å². The highest BCUT2D eigenvalue weighted by Gasteiger charge is 2.00. The lowest BCUT2D eigenvalue weighted by Crippen LogP contribution is -2.27. The highest BCUT2D eigenvalue weighted by molar-refractivity contribution is 5.31. The molecule has 1 aromatic carbocycles. The van der Waals surface area contributed by atoms with E-state index in [9.17, 15) is 0 Å². The second kappa shape index (κ2) is 7.12. The molecule has 1 aromatic rings. The summed E-state index contributed by atoms with van der Waals surface area (Å²) in [5.74, 6) is 1.75. The Labute approximate surface area is 97.8 Å². The molecule has 3 heteroatoms. The summed E-state index contributed by atoms with van der Waals surface area (Å²) in [6.07, 6.45) is 1.01. The van der Waals surface area contributed by atoms with Crippen molar-refractivity contribution >= 4 is 0 Å². The SMILES string of the molecule is CCNC(C)CCOc1ccc(OC)cc1. The van der Waals surface area contributed by atoms with Crippen LogP contribution in [0, 0.1) is 0 Å². The smallest absolute Gasteiger partial charge is 0.119 e. The van der Waals surface area contributed by atoms with Crippen molar-refractivity contribution in [3.8, 4) is 11.5 Å². The summed E-state index contributed by atoms with van der Waals surface area (Å²) in [5.41, 5.74) is 0. The third-order valence-electron chi connectivity index (χ3n) is 2.43. The Bertz CT molecular complexity index is 284. The van der Waals surface area contributed by atoms with E-state index in [2.05, 4.69) is 19.2 Å². The number of benzene rings is 1. The van der Waals surface area contributed by atoms with Crippen LogP contribution in [0.2, 0.25) is 0 Å². The van der Waals surface area contributed by atoms with Crippen LogP contribution in [-0.2, 0) is 0 Å². The van der Waals surface area contributed by atoms with E-state index < -0.39 is 0 Å². The minimum absolute atomic E-state index is 0.503. The van der Waals surface area contributed by atoms with E-state index in [-0.39, 0.29) is 0 Å². The maximum atomic E-state index is 5.63. The van der Waals surface area contributed by atoms with Gasteiger partial charge in [-0.15, -0.1) is 0 Å². The molecule has 0 saturated heterocycles. The van der Waals surface area contributed by atoms with Crippen LogP contribution < -0.4 is 14.8 Å². The van der Waals surface area contributed by atoms with Crippen LogP contribution in [0.25, 0.3) is 0 Å². The minimum Gasteiger partial charge on any atom is -0.497 e. The summed E-state index contributed by atoms with van der Waals surface area (Å²) in [5, 5.41) is 3.35. The van der Waals surface area contributed by atoms with Gasteiger partial charge in [0.25, 0.3) is 0 Å². The van der Waals surface area contributed by atoms with Gasteiger partial charge in [-0.2, -0.15) is 0 Å². The van der Waals surface area contributed by atoms with Crippen LogP contribution in [0.3, 0.4) is 0 Å². The molecule has 0 aliphatic rings. The summed E-state index contributed by atoms with van der Waals surface area (Å²) in [4.78, 5) is 0. The summed E-state index contributed by atoms with van der Waals surface area (Å²) in [7, 11) is 1.66. The number of nitrogens with one attached hydrogen (secondary N) is 1. The van der Waals surface area contributed by atoms with Crippen molar-refractivity contribution in [2.75, 3.05) is 20.3 Å². The number of methoxy groups -OCH3 is 1. The normalized spacial score (nSPS) is 12.2. The van der Waals surface area contributed by atoms with Gasteiger partial charge in [0.2, 0.25) is 0 Å². The van der Waals surface area contributed by atoms with E-state index in [1.807, 2.05) is 24.3 Å². The molecule has 0 heterocycles. The van der Waals surface area contributed by atoms with Gasteiger partial charge in [-0.1, -0.05) is 6.92 Å². The van der Waals surface area contributed by atoms with Crippen LogP contribution in [0.5, 0.6) is 11.5 Å². The zero-order valence-electron chi connectivity index (χ0n) is 10.3. The summed E-state index contributed by atoms with van der Waals surface area (Å²) < 4.78 is 10.7.